The third-order valence-electron chi connectivity index (χ3n) is 2.91. The van der Waals surface area contributed by atoms with Crippen LogP contribution in [-0.2, 0) is 0 Å². The molecule has 1 aromatic carbocycles. The van der Waals surface area contributed by atoms with Gasteiger partial charge in [0.2, 0.25) is 0 Å². The smallest absolute Gasteiger partial charge is 0.0522 e. The van der Waals surface area contributed by atoms with Crippen molar-refractivity contribution in [3.63, 3.8) is 0 Å². The molecule has 2 rings (SSSR count). The molecular weight excluding hydrogens is 172 g/mol. The lowest BCUT2D eigenvalue weighted by Gasteiger charge is -2.03. The van der Waals surface area contributed by atoms with Crippen molar-refractivity contribution >= 4 is 6.08 Å². The second-order valence-corrected chi connectivity index (χ2v) is 4.26. The fourth-order valence-corrected chi connectivity index (χ4v) is 1.49. The summed E-state index contributed by atoms with van der Waals surface area (Å²) in [7, 11) is 0. The quantitative estimate of drug-likeness (QED) is 0.773. The van der Waals surface area contributed by atoms with Crippen LogP contribution in [0.4, 0.5) is 0 Å². The summed E-state index contributed by atoms with van der Waals surface area (Å²) in [6.07, 6.45) is 6.53. The van der Waals surface area contributed by atoms with Gasteiger partial charge in [-0.25, -0.2) is 0 Å². The molecule has 1 aliphatic carbocycles. The standard InChI is InChI=1S/C13H16O/c1-11-2-4-12(5-3-11)6-7-13(10-14)8-9-13/h2-7,14H,8-10H2,1H3. The van der Waals surface area contributed by atoms with E-state index in [1.165, 1.54) is 11.1 Å². The van der Waals surface area contributed by atoms with E-state index >= 15 is 0 Å². The summed E-state index contributed by atoms with van der Waals surface area (Å²) in [6.45, 7) is 2.37. The van der Waals surface area contributed by atoms with Crippen molar-refractivity contribution in [2.45, 2.75) is 19.8 Å². The summed E-state index contributed by atoms with van der Waals surface area (Å²) in [5.41, 5.74) is 2.62. The molecule has 1 fully saturated rings. The first-order valence-electron chi connectivity index (χ1n) is 5.11. The van der Waals surface area contributed by atoms with E-state index in [9.17, 15) is 0 Å². The zero-order chi connectivity index (χ0) is 10.0. The molecular formula is C13H16O. The lowest BCUT2D eigenvalue weighted by Crippen LogP contribution is -2.00. The van der Waals surface area contributed by atoms with Crippen molar-refractivity contribution in [3.05, 3.63) is 41.5 Å². The van der Waals surface area contributed by atoms with Gasteiger partial charge in [-0.15, -0.1) is 0 Å². The lowest BCUT2D eigenvalue weighted by atomic mass is 10.1. The van der Waals surface area contributed by atoms with E-state index < -0.39 is 0 Å². The Hall–Kier alpha value is -1.08. The van der Waals surface area contributed by atoms with Crippen LogP contribution in [0, 0.1) is 12.3 Å². The average molecular weight is 188 g/mol. The summed E-state index contributed by atoms with van der Waals surface area (Å²) in [5, 5.41) is 9.13. The number of rotatable bonds is 3. The maximum atomic E-state index is 9.13. The fraction of sp³-hybridized carbons (Fsp3) is 0.385. The Bertz CT molecular complexity index is 331. The molecule has 1 nitrogen and oxygen atoms in total. The van der Waals surface area contributed by atoms with E-state index in [1.807, 2.05) is 0 Å². The molecule has 0 aliphatic heterocycles. The van der Waals surface area contributed by atoms with E-state index in [0.717, 1.165) is 12.8 Å². The lowest BCUT2D eigenvalue weighted by molar-refractivity contribution is 0.242. The SMILES string of the molecule is Cc1ccc(C=CC2(CO)CC2)cc1. The molecule has 1 aliphatic rings. The van der Waals surface area contributed by atoms with E-state index in [2.05, 4.69) is 43.3 Å². The Kier molecular flexibility index (Phi) is 2.42. The van der Waals surface area contributed by atoms with Gasteiger partial charge in [0.15, 0.2) is 0 Å². The predicted molar refractivity (Wildman–Crippen MR) is 59.0 cm³/mol. The molecule has 14 heavy (non-hydrogen) atoms. The van der Waals surface area contributed by atoms with Gasteiger partial charge in [0.1, 0.15) is 0 Å². The summed E-state index contributed by atoms with van der Waals surface area (Å²) in [6, 6.07) is 8.44. The largest absolute Gasteiger partial charge is 0.395 e. The van der Waals surface area contributed by atoms with Crippen LogP contribution in [-0.4, -0.2) is 11.7 Å². The molecule has 1 heteroatoms. The van der Waals surface area contributed by atoms with Gasteiger partial charge in [-0.3, -0.25) is 0 Å². The van der Waals surface area contributed by atoms with Crippen LogP contribution in [0.1, 0.15) is 24.0 Å². The van der Waals surface area contributed by atoms with Crippen LogP contribution >= 0.6 is 0 Å². The molecule has 0 aromatic heterocycles. The van der Waals surface area contributed by atoms with Crippen LogP contribution in [0.25, 0.3) is 6.08 Å². The van der Waals surface area contributed by atoms with Crippen LogP contribution in [0.5, 0.6) is 0 Å². The van der Waals surface area contributed by atoms with Crippen molar-refractivity contribution in [2.75, 3.05) is 6.61 Å². The Balaban J connectivity index is 2.07. The average Bonchev–Trinajstić information content (AvgIpc) is 2.98. The Morgan fingerprint density at radius 2 is 1.93 bits per heavy atom. The minimum Gasteiger partial charge on any atom is -0.395 e. The van der Waals surface area contributed by atoms with Crippen LogP contribution < -0.4 is 0 Å². The van der Waals surface area contributed by atoms with E-state index in [0.29, 0.717) is 0 Å². The van der Waals surface area contributed by atoms with Crippen molar-refractivity contribution in [1.82, 2.24) is 0 Å². The highest BCUT2D eigenvalue weighted by Gasteiger charge is 2.38. The molecule has 1 N–H and O–H groups in total. The molecule has 0 amide bonds. The summed E-state index contributed by atoms with van der Waals surface area (Å²) < 4.78 is 0. The summed E-state index contributed by atoms with van der Waals surface area (Å²) in [4.78, 5) is 0. The first-order chi connectivity index (χ1) is 6.74. The minimum absolute atomic E-state index is 0.116. The maximum Gasteiger partial charge on any atom is 0.0522 e. The molecule has 0 heterocycles. The fourth-order valence-electron chi connectivity index (χ4n) is 1.49. The zero-order valence-corrected chi connectivity index (χ0v) is 8.53. The number of hydrogen-bond donors (Lipinski definition) is 1. The Labute approximate surface area is 85.1 Å². The molecule has 1 aromatic rings. The normalized spacial score (nSPS) is 18.7. The van der Waals surface area contributed by atoms with Crippen molar-refractivity contribution < 1.29 is 5.11 Å². The predicted octanol–water partition coefficient (Wildman–Crippen LogP) is 2.78. The van der Waals surface area contributed by atoms with Gasteiger partial charge in [0.25, 0.3) is 0 Å². The van der Waals surface area contributed by atoms with E-state index in [-0.39, 0.29) is 12.0 Å². The maximum absolute atomic E-state index is 9.13. The first kappa shape index (κ1) is 9.47. The molecule has 0 radical (unpaired) electrons. The molecule has 1 saturated carbocycles. The van der Waals surface area contributed by atoms with Crippen molar-refractivity contribution in [2.24, 2.45) is 5.41 Å². The molecule has 0 bridgehead atoms. The molecule has 74 valence electrons. The minimum atomic E-state index is 0.116. The number of aliphatic hydroxyl groups is 1. The van der Waals surface area contributed by atoms with Gasteiger partial charge in [-0.05, 0) is 25.3 Å². The monoisotopic (exact) mass is 188 g/mol. The topological polar surface area (TPSA) is 20.2 Å². The Morgan fingerprint density at radius 3 is 2.43 bits per heavy atom. The van der Waals surface area contributed by atoms with Crippen LogP contribution in [0.3, 0.4) is 0 Å². The zero-order valence-electron chi connectivity index (χ0n) is 8.53. The highest BCUT2D eigenvalue weighted by Crippen LogP contribution is 2.46. The van der Waals surface area contributed by atoms with Crippen molar-refractivity contribution in [3.8, 4) is 0 Å². The third kappa shape index (κ3) is 2.05. The molecule has 0 unspecified atom stereocenters. The number of hydrogen-bond acceptors (Lipinski definition) is 1. The van der Waals surface area contributed by atoms with Crippen LogP contribution in [0.2, 0.25) is 0 Å². The van der Waals surface area contributed by atoms with E-state index in [4.69, 9.17) is 5.11 Å². The number of benzene rings is 1. The number of aliphatic hydroxyl groups excluding tert-OH is 1. The van der Waals surface area contributed by atoms with Gasteiger partial charge in [0.05, 0.1) is 6.61 Å². The molecule has 0 atom stereocenters. The summed E-state index contributed by atoms with van der Waals surface area (Å²) >= 11 is 0. The second kappa shape index (κ2) is 3.58. The molecule has 0 saturated heterocycles. The van der Waals surface area contributed by atoms with E-state index in [1.54, 1.807) is 0 Å². The van der Waals surface area contributed by atoms with Gasteiger partial charge in [0, 0.05) is 5.41 Å². The first-order valence-corrected chi connectivity index (χ1v) is 5.11. The van der Waals surface area contributed by atoms with Gasteiger partial charge in [-0.2, -0.15) is 0 Å². The van der Waals surface area contributed by atoms with Crippen LogP contribution in [0.15, 0.2) is 30.3 Å². The highest BCUT2D eigenvalue weighted by molar-refractivity contribution is 5.51. The summed E-state index contributed by atoms with van der Waals surface area (Å²) in [5.74, 6) is 0. The van der Waals surface area contributed by atoms with Gasteiger partial charge < -0.3 is 5.11 Å². The third-order valence-corrected chi connectivity index (χ3v) is 2.91. The van der Waals surface area contributed by atoms with Crippen molar-refractivity contribution in [1.29, 1.82) is 0 Å². The Morgan fingerprint density at radius 1 is 1.29 bits per heavy atom. The van der Waals surface area contributed by atoms with Gasteiger partial charge >= 0.3 is 0 Å². The number of aryl methyl sites for hydroxylation is 1. The highest BCUT2D eigenvalue weighted by atomic mass is 16.3. The second-order valence-electron chi connectivity index (χ2n) is 4.26. The van der Waals surface area contributed by atoms with Gasteiger partial charge in [-0.1, -0.05) is 42.0 Å². The molecule has 0 spiro atoms.